The van der Waals surface area contributed by atoms with Crippen molar-refractivity contribution in [3.63, 3.8) is 0 Å². The fourth-order valence-corrected chi connectivity index (χ4v) is 22.0. The Balaban J connectivity index is 1.49. The maximum Gasteiger partial charge on any atom is 0.193 e. The van der Waals surface area contributed by atoms with Crippen molar-refractivity contribution in [2.75, 3.05) is 13.7 Å². The van der Waals surface area contributed by atoms with E-state index in [2.05, 4.69) is 218 Å². The molecular formula is C76H135IO15SSi5. The second kappa shape index (κ2) is 33.1. The van der Waals surface area contributed by atoms with E-state index < -0.39 is 142 Å². The molecule has 15 nitrogen and oxygen atoms in total. The normalized spacial score (nSPS) is 30.4. The zero-order valence-electron chi connectivity index (χ0n) is 65.8. The third kappa shape index (κ3) is 20.8. The van der Waals surface area contributed by atoms with Crippen molar-refractivity contribution >= 4 is 86.1 Å². The molecule has 0 aliphatic carbocycles. The van der Waals surface area contributed by atoms with Crippen LogP contribution in [0.5, 0.6) is 0 Å². The summed E-state index contributed by atoms with van der Waals surface area (Å²) in [5.41, 5.74) is 1.92. The summed E-state index contributed by atoms with van der Waals surface area (Å²) < 4.78 is 115. The summed E-state index contributed by atoms with van der Waals surface area (Å²) in [7, 11) is -15.4. The molecule has 1 aromatic carbocycles. The van der Waals surface area contributed by atoms with Gasteiger partial charge in [-0.3, -0.25) is 4.79 Å². The maximum atomic E-state index is 16.5. The minimum Gasteiger partial charge on any atom is -0.414 e. The topological polar surface area (TPSA) is 170 Å². The molecule has 0 radical (unpaired) electrons. The minimum atomic E-state index is -4.52. The van der Waals surface area contributed by atoms with Crippen LogP contribution in [0.15, 0.2) is 69.7 Å². The number of ether oxygens (including phenoxy) is 6. The van der Waals surface area contributed by atoms with Gasteiger partial charge in [-0.1, -0.05) is 165 Å². The molecule has 98 heavy (non-hydrogen) atoms. The summed E-state index contributed by atoms with van der Waals surface area (Å²) in [4.78, 5) is 27.9. The van der Waals surface area contributed by atoms with Gasteiger partial charge in [0.2, 0.25) is 0 Å². The second-order valence-corrected chi connectivity index (χ2v) is 63.8. The number of hydrogen-bond donors (Lipinski definition) is 0. The molecule has 0 aromatic heterocycles. The van der Waals surface area contributed by atoms with Gasteiger partial charge in [-0.15, -0.1) is 0 Å². The number of carbonyl (C=O) groups excluding carboxylic acids is 2. The van der Waals surface area contributed by atoms with Crippen LogP contribution in [0.3, 0.4) is 0 Å². The molecule has 1 aromatic rings. The van der Waals surface area contributed by atoms with Gasteiger partial charge in [0.05, 0.1) is 78.6 Å². The number of carbonyl (C=O) groups is 2. The summed E-state index contributed by atoms with van der Waals surface area (Å²) in [6.07, 6.45) is 0.262. The van der Waals surface area contributed by atoms with E-state index in [0.717, 1.165) is 30.3 Å². The number of hydrogen-bond acceptors (Lipinski definition) is 15. The van der Waals surface area contributed by atoms with Crippen molar-refractivity contribution < 1.29 is 68.6 Å². The van der Waals surface area contributed by atoms with E-state index in [1.807, 2.05) is 4.08 Å². The van der Waals surface area contributed by atoms with Crippen LogP contribution in [0.2, 0.25) is 90.7 Å². The van der Waals surface area contributed by atoms with Gasteiger partial charge in [0.1, 0.15) is 36.0 Å². The van der Waals surface area contributed by atoms with E-state index >= 15 is 13.2 Å². The molecule has 5 saturated heterocycles. The highest BCUT2D eigenvalue weighted by Gasteiger charge is 2.61. The summed E-state index contributed by atoms with van der Waals surface area (Å²) in [6.45, 7) is 67.7. The predicted octanol–water partition coefficient (Wildman–Crippen LogP) is 18.6. The van der Waals surface area contributed by atoms with Gasteiger partial charge in [-0.05, 0) is 175 Å². The lowest BCUT2D eigenvalue weighted by Gasteiger charge is -2.56. The Hall–Kier alpha value is -0.896. The Morgan fingerprint density at radius 2 is 1.20 bits per heavy atom. The molecule has 6 rings (SSSR count). The van der Waals surface area contributed by atoms with Gasteiger partial charge in [0, 0.05) is 38.7 Å². The molecule has 0 amide bonds. The summed E-state index contributed by atoms with van der Waals surface area (Å²) in [6, 6.07) is 8.38. The van der Waals surface area contributed by atoms with E-state index in [9.17, 15) is 4.79 Å². The van der Waals surface area contributed by atoms with Gasteiger partial charge in [0.25, 0.3) is 0 Å². The summed E-state index contributed by atoms with van der Waals surface area (Å²) >= 11 is 2.29. The Labute approximate surface area is 614 Å². The Morgan fingerprint density at radius 3 is 1.74 bits per heavy atom. The molecule has 5 aliphatic rings. The fraction of sp³-hybridized carbons (Fsp3) is 0.816. The Kier molecular flexibility index (Phi) is 29.0. The number of aldehydes is 1. The molecule has 22 heteroatoms. The molecule has 0 spiro atoms. The minimum absolute atomic E-state index is 0.0354. The smallest absolute Gasteiger partial charge is 0.193 e. The second-order valence-electron chi connectivity index (χ2n) is 37.2. The van der Waals surface area contributed by atoms with Gasteiger partial charge in [0.15, 0.2) is 57.2 Å². The molecule has 18 atom stereocenters. The first-order valence-corrected chi connectivity index (χ1v) is 54.1. The number of sulfone groups is 1. The molecule has 0 bridgehead atoms. The molecule has 562 valence electrons. The summed E-state index contributed by atoms with van der Waals surface area (Å²) in [5.74, 6) is -1.45. The molecule has 0 saturated carbocycles. The Bertz CT molecular complexity index is 2960. The highest BCUT2D eigenvalue weighted by atomic mass is 127. The van der Waals surface area contributed by atoms with Crippen LogP contribution in [-0.2, 0) is 70.0 Å². The van der Waals surface area contributed by atoms with Crippen LogP contribution in [0.25, 0.3) is 0 Å². The van der Waals surface area contributed by atoms with Crippen LogP contribution in [-0.4, -0.2) is 173 Å². The van der Waals surface area contributed by atoms with Gasteiger partial charge >= 0.3 is 0 Å². The van der Waals surface area contributed by atoms with Gasteiger partial charge in [-0.25, -0.2) is 8.42 Å². The first-order valence-electron chi connectivity index (χ1n) is 36.8. The fourth-order valence-electron chi connectivity index (χ4n) is 13.3. The monoisotopic (exact) mass is 1590 g/mol. The first kappa shape index (κ1) is 86.0. The van der Waals surface area contributed by atoms with Crippen LogP contribution < -0.4 is 0 Å². The van der Waals surface area contributed by atoms with Crippen molar-refractivity contribution in [3.05, 3.63) is 64.8 Å². The molecule has 5 aliphatic heterocycles. The van der Waals surface area contributed by atoms with Crippen molar-refractivity contribution in [2.24, 2.45) is 11.8 Å². The van der Waals surface area contributed by atoms with Crippen molar-refractivity contribution in [2.45, 2.75) is 374 Å². The lowest BCUT2D eigenvalue weighted by atomic mass is 9.81. The zero-order valence-corrected chi connectivity index (χ0v) is 73.8. The van der Waals surface area contributed by atoms with Crippen molar-refractivity contribution in [1.82, 2.24) is 0 Å². The maximum absolute atomic E-state index is 16.5. The lowest BCUT2D eigenvalue weighted by Crippen LogP contribution is -2.69. The van der Waals surface area contributed by atoms with E-state index in [1.165, 1.54) is 0 Å². The number of benzene rings is 1. The number of methoxy groups -OCH3 is 1. The number of rotatable bonds is 30. The number of Topliss-reactive ketones (excluding diaryl/α,β-unsaturated/α-hetero) is 1. The van der Waals surface area contributed by atoms with Crippen LogP contribution in [0.1, 0.15) is 181 Å². The van der Waals surface area contributed by atoms with E-state index in [-0.39, 0.29) is 67.2 Å². The zero-order chi connectivity index (χ0) is 74.1. The van der Waals surface area contributed by atoms with E-state index in [0.29, 0.717) is 51.6 Å². The molecule has 5 heterocycles. The van der Waals surface area contributed by atoms with Crippen LogP contribution in [0.4, 0.5) is 0 Å². The van der Waals surface area contributed by atoms with Gasteiger partial charge in [-0.2, -0.15) is 0 Å². The number of ketones is 1. The molecule has 5 fully saturated rings. The average molecular weight is 1590 g/mol. The quantitative estimate of drug-likeness (QED) is 0.0308. The number of fused-ring (bicyclic) bond motifs is 1. The SMILES string of the molecule is C=C1C[C@H](CCC=O)OC1CC[C@H]1C[C@@H](C)C(=C)C(C[C@@H]2O[C@H](C[C@@H](CO[Si](C)(C)C(C)(C)C)O[Si](C)(C)C(C)(C)C)[C@H](OC)C2C(C(=O)C[C@H]2CC[C@@H]3O[C@@H]([C@H](/C=C/I)O[Si](C)(C)C(C)(C)C)[C@@H](O[Si](C)(C)C(C)(C)C)[C@H](O[Si](C)(C)C(C)(C)C)[C@H]3O2)S(=O)(=O)c2ccccc2)O1. The first-order chi connectivity index (χ1) is 44.7. The molecule has 4 unspecified atom stereocenters. The van der Waals surface area contributed by atoms with E-state index in [1.54, 1.807) is 37.4 Å². The predicted molar refractivity (Wildman–Crippen MR) is 419 cm³/mol. The van der Waals surface area contributed by atoms with Gasteiger partial charge < -0.3 is 55.3 Å². The molecule has 0 N–H and O–H groups in total. The van der Waals surface area contributed by atoms with E-state index in [4.69, 9.17) is 50.6 Å². The average Bonchev–Trinajstić information content (AvgIpc) is 1.19. The van der Waals surface area contributed by atoms with Crippen LogP contribution in [0, 0.1) is 11.8 Å². The lowest BCUT2D eigenvalue weighted by molar-refractivity contribution is -0.266. The highest BCUT2D eigenvalue weighted by Crippen LogP contribution is 2.50. The highest BCUT2D eigenvalue weighted by molar-refractivity contribution is 14.1. The third-order valence-corrected chi connectivity index (χ3v) is 49.8. The van der Waals surface area contributed by atoms with Crippen LogP contribution >= 0.6 is 22.6 Å². The van der Waals surface area contributed by atoms with Crippen molar-refractivity contribution in [3.8, 4) is 0 Å². The Morgan fingerprint density at radius 1 is 0.653 bits per heavy atom. The summed E-state index contributed by atoms with van der Waals surface area (Å²) in [5, 5.41) is -2.38. The van der Waals surface area contributed by atoms with Crippen molar-refractivity contribution in [1.29, 1.82) is 0 Å². The molecular weight excluding hydrogens is 1450 g/mol. The standard InChI is InChI=1S/C76H135IO15SSi5/c1-50-44-54(37-39-59-51(2)45-53(84-59)34-33-43-78)85-62(52(50)3)48-63-65(66(82-19)64(87-63)47-56(89-95(22,23)73(7,8)9)49-83-94(20,21)72(4,5)6)71(93(80,81)57-35-31-30-32-36-57)58(79)46-55-38-40-60-67(86-55)69(91-97(26,27)75(13,14)15)70(92-98(28,29)76(16,17)18)68(88-60)61(41-42-77)90-96(24,25)74(10,11)12/h30-32,35-36,41-43,50,53-56,59-71H,2-3,33-34,37-40,44-49H2,1,4-29H3/b42-41+/t50-,53+,54+,55-,56+,59?,60+,61+,62?,63+,64-,65?,66+,67+,68+,69-,70-,71?/m1/s1. The third-order valence-electron chi connectivity index (χ3n) is 24.7. The largest absolute Gasteiger partial charge is 0.414 e. The number of halogens is 1.